The molecule has 0 saturated heterocycles. The first-order chi connectivity index (χ1) is 31.0. The standard InChI is InChI=1S/C56H64O8P2/c1-53(2,3)33-25-43(51(45(27-33)55(7,8)9)63-65-49-23-19-37(59-15)31-41(49)42-32-38(60-16)20-24-50(42)65)44-26-34(54(4,5)6)28-46(56(10,11)12)52(44)64-66-61-47-21-17-35(57-13)29-39(47)40-30-36(58-14)18-22-48(40)62-66/h17-32H,1-16H3. The lowest BCUT2D eigenvalue weighted by Gasteiger charge is -2.32. The monoisotopic (exact) mass is 926 g/mol. The van der Waals surface area contributed by atoms with Crippen LogP contribution in [0.3, 0.4) is 0 Å². The smallest absolute Gasteiger partial charge is 0.453 e. The van der Waals surface area contributed by atoms with E-state index >= 15 is 0 Å². The molecule has 0 radical (unpaired) electrons. The summed E-state index contributed by atoms with van der Waals surface area (Å²) in [6.45, 7) is 27.1. The highest BCUT2D eigenvalue weighted by molar-refractivity contribution is 7.57. The maximum absolute atomic E-state index is 7.79. The van der Waals surface area contributed by atoms with Gasteiger partial charge in [-0.25, -0.2) is 0 Å². The summed E-state index contributed by atoms with van der Waals surface area (Å²) in [5.74, 6) is 4.46. The topological polar surface area (TPSA) is 81.7 Å². The molecule has 2 aromatic heterocycles. The molecule has 0 atom stereocenters. The van der Waals surface area contributed by atoms with Crippen LogP contribution in [0.15, 0.2) is 105 Å². The summed E-state index contributed by atoms with van der Waals surface area (Å²) >= 11 is 0. The Balaban J connectivity index is 1.50. The van der Waals surface area contributed by atoms with Crippen molar-refractivity contribution in [2.45, 2.75) is 105 Å². The minimum Gasteiger partial charge on any atom is -0.497 e. The number of hydrogen-bond donors (Lipinski definition) is 0. The van der Waals surface area contributed by atoms with Crippen LogP contribution in [0.2, 0.25) is 0 Å². The van der Waals surface area contributed by atoms with Gasteiger partial charge in [0.1, 0.15) is 45.7 Å². The fourth-order valence-corrected chi connectivity index (χ4v) is 11.5. The van der Waals surface area contributed by atoms with Crippen molar-refractivity contribution in [1.29, 1.82) is 0 Å². The third kappa shape index (κ3) is 8.95. The zero-order valence-electron chi connectivity index (χ0n) is 41.4. The van der Waals surface area contributed by atoms with Crippen molar-refractivity contribution in [3.63, 3.8) is 0 Å². The van der Waals surface area contributed by atoms with Crippen molar-refractivity contribution < 1.29 is 36.4 Å². The van der Waals surface area contributed by atoms with E-state index in [1.54, 1.807) is 28.4 Å². The van der Waals surface area contributed by atoms with E-state index in [9.17, 15) is 0 Å². The van der Waals surface area contributed by atoms with Gasteiger partial charge < -0.3 is 36.4 Å². The summed E-state index contributed by atoms with van der Waals surface area (Å²) in [6, 6.07) is 33.4. The lowest BCUT2D eigenvalue weighted by Crippen LogP contribution is -2.19. The molecular formula is C56H64O8P2. The van der Waals surface area contributed by atoms with Crippen molar-refractivity contribution in [2.24, 2.45) is 0 Å². The number of hydrogen-bond acceptors (Lipinski definition) is 8. The van der Waals surface area contributed by atoms with Crippen LogP contribution in [0.1, 0.15) is 105 Å². The molecule has 0 spiro atoms. The predicted molar refractivity (Wildman–Crippen MR) is 275 cm³/mol. The van der Waals surface area contributed by atoms with Gasteiger partial charge in [0.05, 0.1) is 36.2 Å². The molecule has 0 saturated carbocycles. The molecular weight excluding hydrogens is 863 g/mol. The van der Waals surface area contributed by atoms with Crippen LogP contribution in [-0.4, -0.2) is 28.4 Å². The predicted octanol–water partition coefficient (Wildman–Crippen LogP) is 17.2. The minimum atomic E-state index is -2.09. The number of rotatable bonds is 9. The minimum absolute atomic E-state index is 0.207. The highest BCUT2D eigenvalue weighted by atomic mass is 31.1. The lowest BCUT2D eigenvalue weighted by molar-refractivity contribution is 0.415. The fourth-order valence-electron chi connectivity index (χ4n) is 8.37. The molecule has 346 valence electrons. The quantitative estimate of drug-likeness (QED) is 0.142. The molecule has 0 bridgehead atoms. The van der Waals surface area contributed by atoms with Gasteiger partial charge in [-0.3, -0.25) is 0 Å². The van der Waals surface area contributed by atoms with Crippen LogP contribution in [-0.2, 0) is 21.7 Å². The van der Waals surface area contributed by atoms with Gasteiger partial charge in [0.25, 0.3) is 0 Å². The summed E-state index contributed by atoms with van der Waals surface area (Å²) in [5, 5.41) is 6.02. The first kappa shape index (κ1) is 46.8. The molecule has 0 aliphatic heterocycles. The highest BCUT2D eigenvalue weighted by Gasteiger charge is 2.34. The maximum atomic E-state index is 7.79. The Morgan fingerprint density at radius 2 is 0.727 bits per heavy atom. The van der Waals surface area contributed by atoms with Gasteiger partial charge in [-0.2, -0.15) is 0 Å². The van der Waals surface area contributed by atoms with Crippen molar-refractivity contribution in [1.82, 2.24) is 0 Å². The first-order valence-corrected chi connectivity index (χ1v) is 24.8. The summed E-state index contributed by atoms with van der Waals surface area (Å²) in [4.78, 5) is 0. The molecule has 2 heterocycles. The van der Waals surface area contributed by atoms with E-state index in [1.165, 1.54) is 11.1 Å². The van der Waals surface area contributed by atoms with E-state index in [4.69, 9.17) is 36.4 Å². The number of benzene rings is 6. The molecule has 0 aliphatic carbocycles. The van der Waals surface area contributed by atoms with E-state index in [0.29, 0.717) is 28.4 Å². The van der Waals surface area contributed by atoms with Gasteiger partial charge >= 0.3 is 8.24 Å². The molecule has 66 heavy (non-hydrogen) atoms. The summed E-state index contributed by atoms with van der Waals surface area (Å²) in [6.07, 6.45) is 0. The molecule has 8 aromatic rings. The second kappa shape index (κ2) is 17.2. The second-order valence-electron chi connectivity index (χ2n) is 21.2. The summed E-state index contributed by atoms with van der Waals surface area (Å²) in [5.41, 5.74) is 6.44. The van der Waals surface area contributed by atoms with Crippen molar-refractivity contribution >= 4 is 58.9 Å². The van der Waals surface area contributed by atoms with E-state index < -0.39 is 16.0 Å². The Hall–Kier alpha value is -5.68. The highest BCUT2D eigenvalue weighted by Crippen LogP contribution is 2.57. The third-order valence-electron chi connectivity index (χ3n) is 12.3. The normalized spacial score (nSPS) is 12.5. The van der Waals surface area contributed by atoms with E-state index in [1.807, 2.05) is 48.5 Å². The van der Waals surface area contributed by atoms with Crippen LogP contribution in [0.4, 0.5) is 0 Å². The van der Waals surface area contributed by atoms with Gasteiger partial charge in [0, 0.05) is 54.0 Å². The van der Waals surface area contributed by atoms with Crippen LogP contribution in [0, 0.1) is 0 Å². The lowest BCUT2D eigenvalue weighted by atomic mass is 9.75. The van der Waals surface area contributed by atoms with E-state index in [0.717, 1.165) is 71.3 Å². The Bertz CT molecular complexity index is 3060. The van der Waals surface area contributed by atoms with Crippen LogP contribution in [0.5, 0.6) is 34.5 Å². The summed E-state index contributed by atoms with van der Waals surface area (Å²) < 4.78 is 51.8. The largest absolute Gasteiger partial charge is 0.497 e. The van der Waals surface area contributed by atoms with Gasteiger partial charge in [-0.05, 0) is 118 Å². The number of fused-ring (bicyclic) bond motifs is 6. The zero-order chi connectivity index (χ0) is 47.7. The van der Waals surface area contributed by atoms with Crippen LogP contribution >= 0.6 is 16.0 Å². The second-order valence-corrected chi connectivity index (χ2v) is 23.9. The average molecular weight is 927 g/mol. The SMILES string of the molecule is COc1ccc2op(Oc3c(-c4cc(C(C)(C)C)cc(C(C)(C)C)c4Op4c5ccc(OC)cc5c5cc(OC)ccc54)cc(C(C)(C)C)cc3C(C)(C)C)oc3ccc(OC)cc3c2c1. The molecule has 0 amide bonds. The summed E-state index contributed by atoms with van der Waals surface area (Å²) in [7, 11) is 3.27. The van der Waals surface area contributed by atoms with Gasteiger partial charge in [-0.15, -0.1) is 0 Å². The Labute approximate surface area is 391 Å². The fraction of sp³-hybridized carbons (Fsp3) is 0.357. The van der Waals surface area contributed by atoms with Crippen LogP contribution < -0.4 is 28.0 Å². The molecule has 6 aromatic carbocycles. The van der Waals surface area contributed by atoms with Crippen LogP contribution in [0.25, 0.3) is 54.1 Å². The zero-order valence-corrected chi connectivity index (χ0v) is 43.2. The third-order valence-corrected chi connectivity index (χ3v) is 15.4. The van der Waals surface area contributed by atoms with Gasteiger partial charge in [0.2, 0.25) is 0 Å². The van der Waals surface area contributed by atoms with E-state index in [-0.39, 0.29) is 21.7 Å². The Morgan fingerprint density at radius 1 is 0.379 bits per heavy atom. The molecule has 8 rings (SSSR count). The Kier molecular flexibility index (Phi) is 12.2. The molecule has 0 aliphatic rings. The molecule has 0 N–H and O–H groups in total. The van der Waals surface area contributed by atoms with Gasteiger partial charge in [0.15, 0.2) is 0 Å². The van der Waals surface area contributed by atoms with Gasteiger partial charge in [-0.1, -0.05) is 95.2 Å². The molecule has 10 heteroatoms. The average Bonchev–Trinajstić information content (AvgIpc) is 3.46. The maximum Gasteiger partial charge on any atom is 0.453 e. The molecule has 0 fully saturated rings. The Morgan fingerprint density at radius 3 is 1.08 bits per heavy atom. The first-order valence-electron chi connectivity index (χ1n) is 22.5. The number of ether oxygens (including phenoxy) is 4. The van der Waals surface area contributed by atoms with Crippen molar-refractivity contribution in [3.8, 4) is 45.6 Å². The van der Waals surface area contributed by atoms with Crippen molar-refractivity contribution in [3.05, 3.63) is 119 Å². The van der Waals surface area contributed by atoms with E-state index in [2.05, 4.69) is 132 Å². The molecule has 8 nitrogen and oxygen atoms in total. The van der Waals surface area contributed by atoms with Crippen molar-refractivity contribution in [2.75, 3.05) is 28.4 Å². The molecule has 0 unspecified atom stereocenters. The number of methoxy groups -OCH3 is 4.